The summed E-state index contributed by atoms with van der Waals surface area (Å²) >= 11 is 1.09. The SMILES string of the molecule is Cl.O.O.O=C([O-])CCC([O-])=Nc1ccc(S(=O)(=O)[N-]c2nccs2)cc1.[Bi+2].[Bi+2].[Cl-]. The van der Waals surface area contributed by atoms with Crippen LogP contribution in [-0.2, 0) is 14.8 Å². The van der Waals surface area contributed by atoms with Gasteiger partial charge in [0.05, 0.1) is 10.6 Å². The summed E-state index contributed by atoms with van der Waals surface area (Å²) in [5, 5.41) is 23.4. The van der Waals surface area contributed by atoms with E-state index in [1.54, 1.807) is 5.38 Å². The van der Waals surface area contributed by atoms with Crippen LogP contribution in [0, 0.1) is 0 Å². The van der Waals surface area contributed by atoms with E-state index >= 15 is 0 Å². The third-order valence-corrected chi connectivity index (χ3v) is 4.61. The van der Waals surface area contributed by atoms with Gasteiger partial charge in [-0.1, -0.05) is 6.20 Å². The molecule has 0 aliphatic heterocycles. The van der Waals surface area contributed by atoms with Gasteiger partial charge in [0.25, 0.3) is 0 Å². The number of carbonyl (C=O) groups excluding carboxylic acids is 1. The molecule has 1 aromatic carbocycles. The van der Waals surface area contributed by atoms with Gasteiger partial charge in [-0.3, -0.25) is 4.99 Å². The van der Waals surface area contributed by atoms with Gasteiger partial charge in [0, 0.05) is 11.1 Å². The van der Waals surface area contributed by atoms with Crippen LogP contribution in [0.15, 0.2) is 45.7 Å². The maximum atomic E-state index is 12.0. The molecule has 10 nitrogen and oxygen atoms in total. The molecule has 0 spiro atoms. The molecule has 4 N–H and O–H groups in total. The van der Waals surface area contributed by atoms with Gasteiger partial charge in [0.1, 0.15) is 0 Å². The van der Waals surface area contributed by atoms with Crippen LogP contribution in [0.4, 0.5) is 10.8 Å². The van der Waals surface area contributed by atoms with Gasteiger partial charge in [0.15, 0.2) is 0 Å². The van der Waals surface area contributed by atoms with E-state index in [0.717, 1.165) is 11.3 Å². The number of benzene rings is 1. The smallest absolute Gasteiger partial charge is 1.00 e. The zero-order valence-corrected chi connectivity index (χ0v) is 24.4. The number of halogens is 2. The molecule has 1 aromatic heterocycles. The summed E-state index contributed by atoms with van der Waals surface area (Å²) in [6.07, 6.45) is 0.752. The van der Waals surface area contributed by atoms with E-state index in [2.05, 4.69) is 14.7 Å². The van der Waals surface area contributed by atoms with Crippen molar-refractivity contribution in [3.8, 4) is 0 Å². The maximum absolute atomic E-state index is 12.0. The van der Waals surface area contributed by atoms with Crippen LogP contribution < -0.4 is 22.6 Å². The average molecular weight is 878 g/mol. The summed E-state index contributed by atoms with van der Waals surface area (Å²) in [6.45, 7) is 0. The number of carboxylic acid groups (broad SMARTS) is 1. The number of aromatic nitrogens is 1. The topological polar surface area (TPSA) is 200 Å². The number of carboxylic acids is 1. The van der Waals surface area contributed by atoms with E-state index in [4.69, 9.17) is 0 Å². The monoisotopic (exact) mass is 877 g/mol. The molecule has 0 atom stereocenters. The number of hydrogen-bond donors (Lipinski definition) is 0. The molecule has 0 saturated carbocycles. The molecular formula is C13H15Bi2Cl2N3O7S2. The Morgan fingerprint density at radius 3 is 2.10 bits per heavy atom. The van der Waals surface area contributed by atoms with Crippen LogP contribution in [0.3, 0.4) is 0 Å². The summed E-state index contributed by atoms with van der Waals surface area (Å²) < 4.78 is 27.7. The summed E-state index contributed by atoms with van der Waals surface area (Å²) in [4.78, 5) is 17.6. The van der Waals surface area contributed by atoms with Crippen LogP contribution in [0.5, 0.6) is 0 Å². The van der Waals surface area contributed by atoms with Gasteiger partial charge in [-0.25, -0.2) is 8.42 Å². The third-order valence-electron chi connectivity index (χ3n) is 2.55. The first-order chi connectivity index (χ1) is 10.9. The molecule has 0 amide bonds. The Morgan fingerprint density at radius 2 is 1.66 bits per heavy atom. The molecule has 0 bridgehead atoms. The first-order valence-electron chi connectivity index (χ1n) is 6.29. The number of carbonyl (C=O) groups is 1. The predicted molar refractivity (Wildman–Crippen MR) is 106 cm³/mol. The molecule has 2 aromatic rings. The van der Waals surface area contributed by atoms with Crippen LogP contribution in [0.2, 0.25) is 0 Å². The second-order valence-corrected chi connectivity index (χ2v) is 6.73. The molecule has 160 valence electrons. The van der Waals surface area contributed by atoms with Gasteiger partial charge >= 0.3 is 52.4 Å². The number of thiazole rings is 1. The quantitative estimate of drug-likeness (QED) is 0.153. The Kier molecular flexibility index (Phi) is 25.2. The minimum atomic E-state index is -3.89. The third kappa shape index (κ3) is 13.7. The van der Waals surface area contributed by atoms with Gasteiger partial charge in [-0.05, 0) is 48.4 Å². The predicted octanol–water partition coefficient (Wildman–Crippen LogP) is -4.53. The Hall–Kier alpha value is -0.194. The minimum absolute atomic E-state index is 0. The molecule has 0 aliphatic carbocycles. The largest absolute Gasteiger partial charge is 2.00 e. The van der Waals surface area contributed by atoms with E-state index in [-0.39, 0.29) is 110 Å². The molecule has 0 fully saturated rings. The molecule has 16 heteroatoms. The van der Waals surface area contributed by atoms with Crippen LogP contribution in [0.1, 0.15) is 12.8 Å². The summed E-state index contributed by atoms with van der Waals surface area (Å²) in [5.74, 6) is -1.96. The zero-order chi connectivity index (χ0) is 16.9. The normalized spacial score (nSPS) is 9.59. The van der Waals surface area contributed by atoms with Crippen molar-refractivity contribution in [3.63, 3.8) is 0 Å². The molecule has 0 aliphatic rings. The van der Waals surface area contributed by atoms with Crippen molar-refractivity contribution >= 4 is 109 Å². The standard InChI is InChI=1S/C13H13N3O5S2.2Bi.2ClH.2H2O/c17-11(5-6-12(18)19)15-9-1-3-10(4-2-9)23(20,21)16-13-14-7-8-22-13;;;;;;/h1-4,7-8H,5-6H2,(H3,14,15,16,17,18,19);;;2*1H;2*1H2/q;2*+2;;;;/p-4. The summed E-state index contributed by atoms with van der Waals surface area (Å²) in [6, 6.07) is 5.19. The maximum Gasteiger partial charge on any atom is 2.00 e. The van der Waals surface area contributed by atoms with Gasteiger partial charge in [0.2, 0.25) is 10.0 Å². The van der Waals surface area contributed by atoms with Crippen LogP contribution in [-0.4, -0.2) is 88.6 Å². The first kappa shape index (κ1) is 39.3. The molecule has 1 heterocycles. The number of aliphatic carboxylic acids is 1. The molecule has 6 radical (unpaired) electrons. The Morgan fingerprint density at radius 1 is 1.10 bits per heavy atom. The second-order valence-electron chi connectivity index (χ2n) is 4.25. The average Bonchev–Trinajstić information content (AvgIpc) is 2.98. The van der Waals surface area contributed by atoms with Crippen molar-refractivity contribution < 1.29 is 46.8 Å². The fraction of sp³-hybridized carbons (Fsp3) is 0.154. The summed E-state index contributed by atoms with van der Waals surface area (Å²) in [7, 11) is -3.89. The Balaban J connectivity index is -0.000000320. The van der Waals surface area contributed by atoms with E-state index in [9.17, 15) is 23.4 Å². The van der Waals surface area contributed by atoms with Crippen molar-refractivity contribution in [2.75, 3.05) is 0 Å². The number of hydrogen-bond acceptors (Lipinski definition) is 8. The summed E-state index contributed by atoms with van der Waals surface area (Å²) in [5.41, 5.74) is 0.224. The van der Waals surface area contributed by atoms with Crippen molar-refractivity contribution in [2.24, 2.45) is 4.99 Å². The van der Waals surface area contributed by atoms with Gasteiger partial charge in [-0.2, -0.15) is 11.3 Å². The fourth-order valence-electron chi connectivity index (χ4n) is 1.52. The Labute approximate surface area is 222 Å². The van der Waals surface area contributed by atoms with Crippen LogP contribution >= 0.6 is 23.7 Å². The number of rotatable bonds is 7. The van der Waals surface area contributed by atoms with E-state index < -0.39 is 28.3 Å². The molecule has 29 heavy (non-hydrogen) atoms. The van der Waals surface area contributed by atoms with Crippen molar-refractivity contribution in [1.82, 2.24) is 4.98 Å². The number of aliphatic imine (C=N–C) groups is 1. The fourth-order valence-corrected chi connectivity index (χ4v) is 3.19. The number of nitrogens with zero attached hydrogens (tertiary/aromatic N) is 3. The van der Waals surface area contributed by atoms with Gasteiger partial charge < -0.3 is 48.1 Å². The zero-order valence-electron chi connectivity index (χ0n) is 14.3. The van der Waals surface area contributed by atoms with E-state index in [1.807, 2.05) is 0 Å². The Bertz CT molecular complexity index is 823. The van der Waals surface area contributed by atoms with E-state index in [0.29, 0.717) is 0 Å². The van der Waals surface area contributed by atoms with Crippen molar-refractivity contribution in [2.45, 2.75) is 17.7 Å². The van der Waals surface area contributed by atoms with E-state index in [1.165, 1.54) is 30.5 Å². The van der Waals surface area contributed by atoms with Gasteiger partial charge in [-0.15, -0.1) is 12.4 Å². The molecule has 2 rings (SSSR count). The second kappa shape index (κ2) is 18.6. The first-order valence-corrected chi connectivity index (χ1v) is 8.61. The molecule has 0 unspecified atom stereocenters. The van der Waals surface area contributed by atoms with Crippen molar-refractivity contribution in [3.05, 3.63) is 40.6 Å². The molecular weight excluding hydrogens is 863 g/mol. The number of sulfonamides is 1. The molecule has 0 saturated heterocycles. The van der Waals surface area contributed by atoms with Crippen LogP contribution in [0.25, 0.3) is 4.72 Å². The minimum Gasteiger partial charge on any atom is -1.00 e. The van der Waals surface area contributed by atoms with Crippen molar-refractivity contribution in [1.29, 1.82) is 0 Å².